The molecule has 2 aliphatic heterocycles. The van der Waals surface area contributed by atoms with Crippen LogP contribution in [0.25, 0.3) is 0 Å². The smallest absolute Gasteiger partial charge is 0.230 e. The first-order valence-corrected chi connectivity index (χ1v) is 11.8. The van der Waals surface area contributed by atoms with Crippen molar-refractivity contribution in [1.29, 1.82) is 0 Å². The van der Waals surface area contributed by atoms with E-state index >= 15 is 0 Å². The quantitative estimate of drug-likeness (QED) is 0.553. The van der Waals surface area contributed by atoms with Crippen LogP contribution in [-0.2, 0) is 17.8 Å². The lowest BCUT2D eigenvalue weighted by Gasteiger charge is -2.29. The van der Waals surface area contributed by atoms with Crippen molar-refractivity contribution in [3.63, 3.8) is 0 Å². The maximum Gasteiger partial charge on any atom is 0.230 e. The van der Waals surface area contributed by atoms with E-state index in [1.54, 1.807) is 7.11 Å². The Labute approximate surface area is 196 Å². The van der Waals surface area contributed by atoms with Crippen LogP contribution < -0.4 is 4.74 Å². The van der Waals surface area contributed by atoms with Crippen molar-refractivity contribution < 1.29 is 9.53 Å². The number of methoxy groups -OCH3 is 1. The van der Waals surface area contributed by atoms with Crippen LogP contribution in [-0.4, -0.2) is 54.0 Å². The van der Waals surface area contributed by atoms with E-state index < -0.39 is 0 Å². The van der Waals surface area contributed by atoms with Crippen molar-refractivity contribution in [1.82, 2.24) is 14.8 Å². The average Bonchev–Trinajstić information content (AvgIpc) is 3.39. The van der Waals surface area contributed by atoms with Crippen LogP contribution >= 0.6 is 0 Å². The second-order valence-corrected chi connectivity index (χ2v) is 9.29. The molecule has 170 valence electrons. The third-order valence-electron chi connectivity index (χ3n) is 7.32. The fraction of sp³-hybridized carbons (Fsp3) is 0.357. The monoisotopic (exact) mass is 441 g/mol. The molecular weight excluding hydrogens is 410 g/mol. The van der Waals surface area contributed by atoms with Crippen LogP contribution in [0.3, 0.4) is 0 Å². The number of nitrogens with zero attached hydrogens (tertiary/aromatic N) is 3. The van der Waals surface area contributed by atoms with Gasteiger partial charge in [0.15, 0.2) is 0 Å². The predicted molar refractivity (Wildman–Crippen MR) is 129 cm³/mol. The van der Waals surface area contributed by atoms with Crippen molar-refractivity contribution in [3.8, 4) is 5.75 Å². The standard InChI is InChI=1S/C28H31N3O2/c1-33-25-11-9-23(10-12-25)19-30-20-26(24-8-5-15-29-18-24)28(21-30)14-17-31(27(28)32)16-13-22-6-3-2-4-7-22/h2-12,15,18,26H,13-14,16-17,19-21H2,1H3/t26-,28+/m1/s1. The fourth-order valence-corrected chi connectivity index (χ4v) is 5.57. The van der Waals surface area contributed by atoms with E-state index in [2.05, 4.69) is 57.2 Å². The molecule has 2 fully saturated rings. The summed E-state index contributed by atoms with van der Waals surface area (Å²) in [6.07, 6.45) is 5.56. The second-order valence-electron chi connectivity index (χ2n) is 9.29. The summed E-state index contributed by atoms with van der Waals surface area (Å²) >= 11 is 0. The predicted octanol–water partition coefficient (Wildman–Crippen LogP) is 4.15. The number of ether oxygens (including phenoxy) is 1. The molecule has 5 nitrogen and oxygen atoms in total. The van der Waals surface area contributed by atoms with Crippen molar-refractivity contribution in [2.75, 3.05) is 33.3 Å². The molecular formula is C28H31N3O2. The molecule has 0 radical (unpaired) electrons. The number of amides is 1. The zero-order valence-electron chi connectivity index (χ0n) is 19.2. The van der Waals surface area contributed by atoms with E-state index in [9.17, 15) is 4.79 Å². The topological polar surface area (TPSA) is 45.7 Å². The molecule has 0 saturated carbocycles. The zero-order valence-corrected chi connectivity index (χ0v) is 19.2. The molecule has 3 aromatic rings. The number of hydrogen-bond donors (Lipinski definition) is 0. The molecule has 0 N–H and O–H groups in total. The summed E-state index contributed by atoms with van der Waals surface area (Å²) in [6, 6.07) is 22.8. The number of pyridine rings is 1. The average molecular weight is 442 g/mol. The minimum absolute atomic E-state index is 0.165. The summed E-state index contributed by atoms with van der Waals surface area (Å²) in [4.78, 5) is 22.8. The molecule has 33 heavy (non-hydrogen) atoms. The van der Waals surface area contributed by atoms with Crippen molar-refractivity contribution in [2.45, 2.75) is 25.3 Å². The summed E-state index contributed by atoms with van der Waals surface area (Å²) in [5, 5.41) is 0. The summed E-state index contributed by atoms with van der Waals surface area (Å²) in [7, 11) is 1.69. The Hall–Kier alpha value is -3.18. The van der Waals surface area contributed by atoms with Crippen LogP contribution in [0.4, 0.5) is 0 Å². The lowest BCUT2D eigenvalue weighted by molar-refractivity contribution is -0.136. The van der Waals surface area contributed by atoms with Gasteiger partial charge in [0.05, 0.1) is 12.5 Å². The highest BCUT2D eigenvalue weighted by atomic mass is 16.5. The van der Waals surface area contributed by atoms with Crippen molar-refractivity contribution >= 4 is 5.91 Å². The van der Waals surface area contributed by atoms with Gasteiger partial charge in [-0.15, -0.1) is 0 Å². The number of benzene rings is 2. The SMILES string of the molecule is COc1ccc(CN2C[C@H](c3cccnc3)[C@]3(CCN(CCc4ccccc4)C3=O)C2)cc1. The molecule has 1 amide bonds. The van der Waals surface area contributed by atoms with Gasteiger partial charge in [-0.25, -0.2) is 0 Å². The molecule has 5 heteroatoms. The maximum atomic E-state index is 13.9. The molecule has 1 aromatic heterocycles. The van der Waals surface area contributed by atoms with Gasteiger partial charge in [-0.3, -0.25) is 14.7 Å². The Morgan fingerprint density at radius 3 is 2.58 bits per heavy atom. The van der Waals surface area contributed by atoms with Gasteiger partial charge in [-0.1, -0.05) is 48.5 Å². The molecule has 3 heterocycles. The Bertz CT molecular complexity index is 1070. The van der Waals surface area contributed by atoms with Crippen LogP contribution in [0.5, 0.6) is 5.75 Å². The Balaban J connectivity index is 1.35. The summed E-state index contributed by atoms with van der Waals surface area (Å²) in [6.45, 7) is 4.11. The van der Waals surface area contributed by atoms with Gasteiger partial charge in [0.25, 0.3) is 0 Å². The molecule has 2 aromatic carbocycles. The molecule has 2 saturated heterocycles. The van der Waals surface area contributed by atoms with E-state index in [0.717, 1.165) is 51.3 Å². The van der Waals surface area contributed by atoms with E-state index in [1.807, 2.05) is 36.7 Å². The van der Waals surface area contributed by atoms with E-state index in [4.69, 9.17) is 4.74 Å². The first kappa shape index (κ1) is 21.7. The van der Waals surface area contributed by atoms with Gasteiger partial charge in [-0.2, -0.15) is 0 Å². The Kier molecular flexibility index (Phi) is 6.14. The lowest BCUT2D eigenvalue weighted by Crippen LogP contribution is -2.40. The summed E-state index contributed by atoms with van der Waals surface area (Å²) in [5.41, 5.74) is 3.33. The molecule has 5 rings (SSSR count). The van der Waals surface area contributed by atoms with Crippen molar-refractivity contribution in [3.05, 3.63) is 95.8 Å². The summed E-state index contributed by atoms with van der Waals surface area (Å²) < 4.78 is 5.30. The van der Waals surface area contributed by atoms with Gasteiger partial charge in [0.1, 0.15) is 5.75 Å². The van der Waals surface area contributed by atoms with E-state index in [1.165, 1.54) is 16.7 Å². The van der Waals surface area contributed by atoms with Gasteiger partial charge >= 0.3 is 0 Å². The third-order valence-corrected chi connectivity index (χ3v) is 7.32. The van der Waals surface area contributed by atoms with E-state index in [-0.39, 0.29) is 11.3 Å². The molecule has 2 atom stereocenters. The second kappa shape index (κ2) is 9.36. The largest absolute Gasteiger partial charge is 0.497 e. The Morgan fingerprint density at radius 2 is 1.85 bits per heavy atom. The number of likely N-dealkylation sites (tertiary alicyclic amines) is 2. The highest BCUT2D eigenvalue weighted by Gasteiger charge is 2.56. The van der Waals surface area contributed by atoms with Gasteiger partial charge < -0.3 is 9.64 Å². The highest BCUT2D eigenvalue weighted by Crippen LogP contribution is 2.50. The first-order chi connectivity index (χ1) is 16.2. The Morgan fingerprint density at radius 1 is 1.03 bits per heavy atom. The third kappa shape index (κ3) is 4.38. The van der Waals surface area contributed by atoms with Crippen LogP contribution in [0.1, 0.15) is 29.0 Å². The van der Waals surface area contributed by atoms with Crippen LogP contribution in [0, 0.1) is 5.41 Å². The fourth-order valence-electron chi connectivity index (χ4n) is 5.57. The van der Waals surface area contributed by atoms with Crippen LogP contribution in [0.2, 0.25) is 0 Å². The number of rotatable bonds is 7. The number of hydrogen-bond acceptors (Lipinski definition) is 4. The van der Waals surface area contributed by atoms with E-state index in [0.29, 0.717) is 5.91 Å². The first-order valence-electron chi connectivity index (χ1n) is 11.8. The maximum absolute atomic E-state index is 13.9. The summed E-state index contributed by atoms with van der Waals surface area (Å²) in [5.74, 6) is 1.34. The number of carbonyl (C=O) groups is 1. The molecule has 2 aliphatic rings. The van der Waals surface area contributed by atoms with Gasteiger partial charge in [0.2, 0.25) is 5.91 Å². The molecule has 1 spiro atoms. The number of aromatic nitrogens is 1. The van der Waals surface area contributed by atoms with Crippen LogP contribution in [0.15, 0.2) is 79.1 Å². The minimum Gasteiger partial charge on any atom is -0.497 e. The number of carbonyl (C=O) groups excluding carboxylic acids is 1. The van der Waals surface area contributed by atoms with Gasteiger partial charge in [0, 0.05) is 51.0 Å². The van der Waals surface area contributed by atoms with Crippen molar-refractivity contribution in [2.24, 2.45) is 5.41 Å². The lowest BCUT2D eigenvalue weighted by atomic mass is 9.73. The molecule has 0 unspecified atom stereocenters. The normalized spacial score (nSPS) is 22.9. The zero-order chi connectivity index (χ0) is 22.7. The van der Waals surface area contributed by atoms with Gasteiger partial charge in [-0.05, 0) is 47.7 Å². The molecule has 0 aliphatic carbocycles. The molecule has 0 bridgehead atoms. The minimum atomic E-state index is -0.369. The highest BCUT2D eigenvalue weighted by molar-refractivity contribution is 5.87.